The Morgan fingerprint density at radius 1 is 1.23 bits per heavy atom. The summed E-state index contributed by atoms with van der Waals surface area (Å²) in [7, 11) is 0. The molecule has 3 rings (SSSR count). The number of likely N-dealkylation sites (tertiary alicyclic amines) is 1. The van der Waals surface area contributed by atoms with Crippen LogP contribution in [-0.4, -0.2) is 57.8 Å². The highest BCUT2D eigenvalue weighted by Gasteiger charge is 2.69. The second-order valence-electron chi connectivity index (χ2n) is 9.60. The first-order valence-corrected chi connectivity index (χ1v) is 10.9. The Morgan fingerprint density at radius 2 is 1.89 bits per heavy atom. The van der Waals surface area contributed by atoms with E-state index in [4.69, 9.17) is 5.73 Å². The third-order valence-electron chi connectivity index (χ3n) is 6.20. The Balaban J connectivity index is 2.07. The Kier molecular flexibility index (Phi) is 6.77. The summed E-state index contributed by atoms with van der Waals surface area (Å²) in [5.74, 6) is -5.74. The maximum Gasteiger partial charge on any atom is 0.573 e. The topological polar surface area (TPSA) is 151 Å². The summed E-state index contributed by atoms with van der Waals surface area (Å²) in [5.41, 5.74) is 2.34. The molecule has 4 amide bonds. The summed E-state index contributed by atoms with van der Waals surface area (Å²) in [4.78, 5) is 51.5. The van der Waals surface area contributed by atoms with Crippen LogP contribution >= 0.6 is 0 Å². The Bertz CT molecular complexity index is 1040. The lowest BCUT2D eigenvalue weighted by atomic mass is 9.77. The number of benzene rings is 1. The SMILES string of the molecule is CC(C)(C)N1C(=O)C2C(c3cccc(OC(F)(F)F)c3)NC(CCCNC(N)=O)(C(=O)O)C2C1=O. The first-order chi connectivity index (χ1) is 16.1. The van der Waals surface area contributed by atoms with Crippen molar-refractivity contribution in [2.24, 2.45) is 17.6 Å². The summed E-state index contributed by atoms with van der Waals surface area (Å²) in [6, 6.07) is 2.96. The number of carbonyl (C=O) groups is 4. The molecular formula is C22H27F3N4O6. The molecule has 0 radical (unpaired) electrons. The molecule has 0 aromatic heterocycles. The summed E-state index contributed by atoms with van der Waals surface area (Å²) in [6.07, 6.45) is -5.01. The van der Waals surface area contributed by atoms with Crippen molar-refractivity contribution in [3.8, 4) is 5.75 Å². The number of rotatable bonds is 7. The maximum absolute atomic E-state index is 13.5. The largest absolute Gasteiger partial charge is 0.573 e. The van der Waals surface area contributed by atoms with E-state index < -0.39 is 64.9 Å². The number of hydrogen-bond acceptors (Lipinski definition) is 6. The minimum atomic E-state index is -4.95. The molecule has 0 bridgehead atoms. The van der Waals surface area contributed by atoms with Crippen LogP contribution in [0.3, 0.4) is 0 Å². The third kappa shape index (κ3) is 5.04. The van der Waals surface area contributed by atoms with Gasteiger partial charge in [0, 0.05) is 18.1 Å². The van der Waals surface area contributed by atoms with Gasteiger partial charge in [0.15, 0.2) is 0 Å². The number of urea groups is 1. The number of aliphatic carboxylic acids is 1. The van der Waals surface area contributed by atoms with E-state index in [1.165, 1.54) is 12.1 Å². The van der Waals surface area contributed by atoms with Crippen molar-refractivity contribution in [1.82, 2.24) is 15.5 Å². The molecule has 1 aromatic rings. The van der Waals surface area contributed by atoms with Crippen LogP contribution in [0, 0.1) is 11.8 Å². The van der Waals surface area contributed by atoms with Gasteiger partial charge in [0.05, 0.1) is 11.8 Å². The van der Waals surface area contributed by atoms with Gasteiger partial charge in [0.2, 0.25) is 11.8 Å². The first-order valence-electron chi connectivity index (χ1n) is 10.9. The van der Waals surface area contributed by atoms with Crippen molar-refractivity contribution in [3.63, 3.8) is 0 Å². The Hall–Kier alpha value is -3.35. The summed E-state index contributed by atoms with van der Waals surface area (Å²) in [6.45, 7) is 4.91. The Morgan fingerprint density at radius 3 is 2.43 bits per heavy atom. The fourth-order valence-electron chi connectivity index (χ4n) is 4.97. The number of nitrogens with zero attached hydrogens (tertiary/aromatic N) is 1. The number of nitrogens with one attached hydrogen (secondary N) is 2. The van der Waals surface area contributed by atoms with E-state index in [1.807, 2.05) is 0 Å². The van der Waals surface area contributed by atoms with Gasteiger partial charge < -0.3 is 20.9 Å². The molecule has 2 aliphatic rings. The molecule has 2 saturated heterocycles. The van der Waals surface area contributed by atoms with Crippen LogP contribution < -0.4 is 21.1 Å². The van der Waals surface area contributed by atoms with Gasteiger partial charge in [-0.05, 0) is 51.3 Å². The van der Waals surface area contributed by atoms with Crippen molar-refractivity contribution >= 4 is 23.8 Å². The average Bonchev–Trinajstić information content (AvgIpc) is 3.18. The molecule has 4 atom stereocenters. The fraction of sp³-hybridized carbons (Fsp3) is 0.545. The predicted molar refractivity (Wildman–Crippen MR) is 115 cm³/mol. The number of ether oxygens (including phenoxy) is 1. The number of imide groups is 1. The quantitative estimate of drug-likeness (QED) is 0.330. The van der Waals surface area contributed by atoms with Crippen molar-refractivity contribution in [2.75, 3.05) is 6.54 Å². The van der Waals surface area contributed by atoms with Crippen molar-refractivity contribution in [1.29, 1.82) is 0 Å². The van der Waals surface area contributed by atoms with E-state index in [2.05, 4.69) is 15.4 Å². The predicted octanol–water partition coefficient (Wildman–Crippen LogP) is 1.90. The highest BCUT2D eigenvalue weighted by Crippen LogP contribution is 2.52. The molecule has 1 aromatic carbocycles. The minimum Gasteiger partial charge on any atom is -0.480 e. The number of fused-ring (bicyclic) bond motifs is 1. The highest BCUT2D eigenvalue weighted by atomic mass is 19.4. The van der Waals surface area contributed by atoms with E-state index in [9.17, 15) is 37.5 Å². The van der Waals surface area contributed by atoms with Crippen molar-refractivity contribution in [3.05, 3.63) is 29.8 Å². The number of amides is 4. The summed E-state index contributed by atoms with van der Waals surface area (Å²) in [5, 5.41) is 15.5. The van der Waals surface area contributed by atoms with Crippen LogP contribution in [0.15, 0.2) is 24.3 Å². The van der Waals surface area contributed by atoms with Gasteiger partial charge in [0.25, 0.3) is 0 Å². The molecule has 0 saturated carbocycles. The number of halogens is 3. The van der Waals surface area contributed by atoms with Crippen LogP contribution in [0.2, 0.25) is 0 Å². The second-order valence-corrected chi connectivity index (χ2v) is 9.60. The summed E-state index contributed by atoms with van der Waals surface area (Å²) >= 11 is 0. The van der Waals surface area contributed by atoms with E-state index >= 15 is 0 Å². The number of hydrogen-bond donors (Lipinski definition) is 4. The standard InChI is InChI=1S/C22H27F3N4O6/c1-20(2,3)29-16(30)13-14(17(29)31)21(18(32)33,8-5-9-27-19(26)34)28-15(13)11-6-4-7-12(10-11)35-22(23,24)25/h4,6-7,10,13-15,28H,5,8-9H2,1-3H3,(H,32,33)(H3,26,27,34). The average molecular weight is 500 g/mol. The normalized spacial score (nSPS) is 26.6. The first kappa shape index (κ1) is 26.3. The molecule has 0 spiro atoms. The van der Waals surface area contributed by atoms with Crippen molar-refractivity contribution < 1.29 is 42.2 Å². The second kappa shape index (κ2) is 9.02. The van der Waals surface area contributed by atoms with Gasteiger partial charge in [-0.2, -0.15) is 0 Å². The van der Waals surface area contributed by atoms with Gasteiger partial charge in [-0.25, -0.2) is 4.79 Å². The smallest absolute Gasteiger partial charge is 0.480 e. The zero-order chi connectivity index (χ0) is 26.3. The number of carbonyl (C=O) groups excluding carboxylic acids is 3. The number of carboxylic acid groups (broad SMARTS) is 1. The lowest BCUT2D eigenvalue weighted by Crippen LogP contribution is -2.57. The minimum absolute atomic E-state index is 0.0220. The van der Waals surface area contributed by atoms with Gasteiger partial charge >= 0.3 is 18.4 Å². The zero-order valence-electron chi connectivity index (χ0n) is 19.3. The zero-order valence-corrected chi connectivity index (χ0v) is 19.3. The number of alkyl halides is 3. The molecule has 13 heteroatoms. The number of carboxylic acids is 1. The molecule has 0 aliphatic carbocycles. The van der Waals surface area contributed by atoms with E-state index in [-0.39, 0.29) is 24.9 Å². The Labute approximate surface area is 199 Å². The maximum atomic E-state index is 13.5. The number of nitrogens with two attached hydrogens (primary N) is 1. The van der Waals surface area contributed by atoms with Crippen molar-refractivity contribution in [2.45, 2.75) is 57.1 Å². The monoisotopic (exact) mass is 500 g/mol. The van der Waals surface area contributed by atoms with Gasteiger partial charge in [-0.3, -0.25) is 24.6 Å². The lowest BCUT2D eigenvalue weighted by Gasteiger charge is -2.35. The molecule has 35 heavy (non-hydrogen) atoms. The van der Waals surface area contributed by atoms with E-state index in [0.29, 0.717) is 0 Å². The molecule has 10 nitrogen and oxygen atoms in total. The van der Waals surface area contributed by atoms with Crippen LogP contribution in [0.4, 0.5) is 18.0 Å². The van der Waals surface area contributed by atoms with Crippen LogP contribution in [0.1, 0.15) is 45.2 Å². The van der Waals surface area contributed by atoms with Crippen LogP contribution in [0.5, 0.6) is 5.75 Å². The lowest BCUT2D eigenvalue weighted by molar-refractivity contribution is -0.274. The molecule has 2 fully saturated rings. The highest BCUT2D eigenvalue weighted by molar-refractivity contribution is 6.10. The van der Waals surface area contributed by atoms with Gasteiger partial charge in [-0.15, -0.1) is 13.2 Å². The molecule has 2 aliphatic heterocycles. The fourth-order valence-corrected chi connectivity index (χ4v) is 4.97. The van der Waals surface area contributed by atoms with E-state index in [1.54, 1.807) is 20.8 Å². The summed E-state index contributed by atoms with van der Waals surface area (Å²) < 4.78 is 42.3. The van der Waals surface area contributed by atoms with E-state index in [0.717, 1.165) is 17.0 Å². The molecule has 2 heterocycles. The van der Waals surface area contributed by atoms with Crippen LogP contribution in [0.25, 0.3) is 0 Å². The molecule has 192 valence electrons. The van der Waals surface area contributed by atoms with Crippen LogP contribution in [-0.2, 0) is 14.4 Å². The molecular weight excluding hydrogens is 473 g/mol. The molecule has 4 unspecified atom stereocenters. The van der Waals surface area contributed by atoms with Gasteiger partial charge in [-0.1, -0.05) is 12.1 Å². The van der Waals surface area contributed by atoms with Gasteiger partial charge in [0.1, 0.15) is 11.3 Å². The molecule has 5 N–H and O–H groups in total. The number of primary amides is 1. The third-order valence-corrected chi connectivity index (χ3v) is 6.20.